The zero-order chi connectivity index (χ0) is 31.6. The third-order valence-electron chi connectivity index (χ3n) is 8.57. The predicted octanol–water partition coefficient (Wildman–Crippen LogP) is 4.46. The van der Waals surface area contributed by atoms with E-state index in [1.54, 1.807) is 7.11 Å². The summed E-state index contributed by atoms with van der Waals surface area (Å²) in [4.78, 5) is 40.7. The molecule has 9 heteroatoms. The van der Waals surface area contributed by atoms with Gasteiger partial charge in [0, 0.05) is 24.4 Å². The summed E-state index contributed by atoms with van der Waals surface area (Å²) in [5.74, 6) is -1.91. The Kier molecular flexibility index (Phi) is 8.76. The van der Waals surface area contributed by atoms with E-state index in [2.05, 4.69) is 5.32 Å². The minimum absolute atomic E-state index is 0.0535. The molecule has 3 aromatic rings. The van der Waals surface area contributed by atoms with E-state index in [0.29, 0.717) is 24.0 Å². The number of amides is 2. The number of allylic oxidation sites excluding steroid dienone is 2. The Bertz CT molecular complexity index is 1700. The van der Waals surface area contributed by atoms with Crippen molar-refractivity contribution in [2.45, 2.75) is 41.5 Å². The second-order valence-electron chi connectivity index (χ2n) is 11.4. The van der Waals surface area contributed by atoms with Crippen LogP contribution >= 0.6 is 11.8 Å². The molecule has 2 aliphatic heterocycles. The van der Waals surface area contributed by atoms with Crippen molar-refractivity contribution in [3.05, 3.63) is 131 Å². The Hall–Kier alpha value is -4.44. The van der Waals surface area contributed by atoms with Crippen LogP contribution in [0.3, 0.4) is 0 Å². The van der Waals surface area contributed by atoms with Crippen molar-refractivity contribution in [1.82, 2.24) is 10.2 Å². The maximum Gasteiger partial charge on any atom is 0.352 e. The smallest absolute Gasteiger partial charge is 0.352 e. The molecule has 45 heavy (non-hydrogen) atoms. The van der Waals surface area contributed by atoms with Crippen LogP contribution in [0.4, 0.5) is 0 Å². The molecular weight excluding hydrogens is 588 g/mol. The van der Waals surface area contributed by atoms with Crippen LogP contribution < -0.4 is 5.32 Å². The molecule has 0 bridgehead atoms. The van der Waals surface area contributed by atoms with Crippen LogP contribution in [0.2, 0.25) is 0 Å². The predicted molar refractivity (Wildman–Crippen MR) is 174 cm³/mol. The number of aliphatic hydroxyl groups is 1. The van der Waals surface area contributed by atoms with Crippen molar-refractivity contribution in [2.75, 3.05) is 13.7 Å². The molecular formula is C36H34N2O6S. The topological polar surface area (TPSA) is 116 Å². The second-order valence-corrected chi connectivity index (χ2v) is 12.7. The lowest BCUT2D eigenvalue weighted by molar-refractivity contribution is -0.150. The highest BCUT2D eigenvalue weighted by molar-refractivity contribution is 8.01. The van der Waals surface area contributed by atoms with Crippen molar-refractivity contribution in [3.63, 3.8) is 0 Å². The number of nitrogens with one attached hydrogen (secondary N) is 1. The molecule has 3 N–H and O–H groups in total. The minimum Gasteiger partial charge on any atom is -0.477 e. The fourth-order valence-electron chi connectivity index (χ4n) is 6.09. The number of carboxylic acid groups (broad SMARTS) is 1. The fourth-order valence-corrected chi connectivity index (χ4v) is 7.77. The molecule has 0 spiro atoms. The van der Waals surface area contributed by atoms with Crippen molar-refractivity contribution in [1.29, 1.82) is 0 Å². The lowest BCUT2D eigenvalue weighted by Gasteiger charge is -2.51. The van der Waals surface area contributed by atoms with E-state index >= 15 is 0 Å². The number of ether oxygens (including phenoxy) is 1. The Morgan fingerprint density at radius 1 is 1.00 bits per heavy atom. The summed E-state index contributed by atoms with van der Waals surface area (Å²) in [6.07, 6.45) is 6.92. The SMILES string of the molecule is COC1(CO)C=CC(c2cccc(C3=C(C(=O)O)N4C(=O)[C@@H](NC(=O)Cc5ccccc5)[C@H]4SC3Cc3ccccc3)c2)=CC1. The number of methoxy groups -OCH3 is 1. The number of carbonyl (C=O) groups is 3. The molecule has 1 saturated heterocycles. The quantitative estimate of drug-likeness (QED) is 0.286. The molecule has 230 valence electrons. The van der Waals surface area contributed by atoms with Crippen molar-refractivity contribution in [2.24, 2.45) is 0 Å². The minimum atomic E-state index is -1.19. The van der Waals surface area contributed by atoms with Crippen LogP contribution in [-0.4, -0.2) is 68.9 Å². The number of carboxylic acids is 1. The molecule has 0 radical (unpaired) electrons. The number of aliphatic hydroxyl groups excluding tert-OH is 1. The summed E-state index contributed by atoms with van der Waals surface area (Å²) in [6, 6.07) is 26.0. The van der Waals surface area contributed by atoms with Gasteiger partial charge in [-0.1, -0.05) is 91.0 Å². The number of β-lactam (4-membered cyclic amide) rings is 1. The molecule has 2 unspecified atom stereocenters. The van der Waals surface area contributed by atoms with Crippen LogP contribution in [-0.2, 0) is 32.0 Å². The van der Waals surface area contributed by atoms with Gasteiger partial charge >= 0.3 is 5.97 Å². The summed E-state index contributed by atoms with van der Waals surface area (Å²) in [6.45, 7) is -0.143. The van der Waals surface area contributed by atoms with Crippen molar-refractivity contribution < 1.29 is 29.3 Å². The molecule has 2 heterocycles. The lowest BCUT2D eigenvalue weighted by Crippen LogP contribution is -2.71. The average molecular weight is 623 g/mol. The zero-order valence-electron chi connectivity index (χ0n) is 24.8. The monoisotopic (exact) mass is 622 g/mol. The fraction of sp³-hybridized carbons (Fsp3) is 0.250. The molecule has 1 fully saturated rings. The number of nitrogens with zero attached hydrogens (tertiary/aromatic N) is 1. The van der Waals surface area contributed by atoms with E-state index in [1.165, 1.54) is 16.7 Å². The van der Waals surface area contributed by atoms with Gasteiger partial charge in [0.25, 0.3) is 5.91 Å². The highest BCUT2D eigenvalue weighted by atomic mass is 32.2. The summed E-state index contributed by atoms with van der Waals surface area (Å²) >= 11 is 1.50. The van der Waals surface area contributed by atoms with Crippen molar-refractivity contribution in [3.8, 4) is 0 Å². The second kappa shape index (κ2) is 12.9. The van der Waals surface area contributed by atoms with E-state index in [0.717, 1.165) is 22.3 Å². The summed E-state index contributed by atoms with van der Waals surface area (Å²) in [7, 11) is 1.57. The molecule has 8 nitrogen and oxygen atoms in total. The zero-order valence-corrected chi connectivity index (χ0v) is 25.6. The Morgan fingerprint density at radius 3 is 2.31 bits per heavy atom. The van der Waals surface area contributed by atoms with E-state index < -0.39 is 28.9 Å². The van der Waals surface area contributed by atoms with Crippen molar-refractivity contribution >= 4 is 40.7 Å². The number of hydrogen-bond acceptors (Lipinski definition) is 6. The van der Waals surface area contributed by atoms with E-state index in [9.17, 15) is 24.6 Å². The standard InChI is InChI=1S/C36H34N2O6S/c1-44-36(22-39)17-15-25(16-18-36)26-13-8-14-27(21-26)30-28(19-23-9-4-2-5-10-23)45-34-31(33(41)38(34)32(30)35(42)43)37-29(40)20-24-11-6-3-7-12-24/h2-17,21,28,31,34,39H,18-20,22H2,1H3,(H,37,40)(H,42,43)/t28?,31-,34-,36?/m1/s1. The number of benzene rings is 3. The van der Waals surface area contributed by atoms with Crippen LogP contribution in [0.1, 0.15) is 28.7 Å². The molecule has 1 aliphatic carbocycles. The Balaban J connectivity index is 1.35. The van der Waals surface area contributed by atoms with Crippen LogP contribution in [0.5, 0.6) is 0 Å². The average Bonchev–Trinajstić information content (AvgIpc) is 3.07. The Morgan fingerprint density at radius 2 is 1.69 bits per heavy atom. The highest BCUT2D eigenvalue weighted by Crippen LogP contribution is 2.49. The summed E-state index contributed by atoms with van der Waals surface area (Å²) in [5, 5.41) is 22.4. The number of fused-ring (bicyclic) bond motifs is 1. The van der Waals surface area contributed by atoms with Gasteiger partial charge in [-0.2, -0.15) is 0 Å². The van der Waals surface area contributed by atoms with E-state index in [1.807, 2.05) is 103 Å². The van der Waals surface area contributed by atoms with Gasteiger partial charge in [0.15, 0.2) is 0 Å². The lowest BCUT2D eigenvalue weighted by atomic mass is 9.87. The highest BCUT2D eigenvalue weighted by Gasteiger charge is 2.56. The molecule has 2 amide bonds. The summed E-state index contributed by atoms with van der Waals surface area (Å²) in [5.41, 5.74) is 4.14. The van der Waals surface area contributed by atoms with Gasteiger partial charge in [-0.05, 0) is 46.4 Å². The van der Waals surface area contributed by atoms with E-state index in [-0.39, 0.29) is 29.9 Å². The number of thioether (sulfide) groups is 1. The molecule has 3 aromatic carbocycles. The maximum absolute atomic E-state index is 13.5. The van der Waals surface area contributed by atoms with Gasteiger partial charge in [0.1, 0.15) is 22.7 Å². The first-order valence-corrected chi connectivity index (χ1v) is 15.8. The Labute approximate surface area is 266 Å². The molecule has 0 aromatic heterocycles. The first kappa shape index (κ1) is 30.6. The largest absolute Gasteiger partial charge is 0.477 e. The number of aliphatic carboxylic acids is 1. The normalized spacial score (nSPS) is 24.0. The van der Waals surface area contributed by atoms with Gasteiger partial charge in [-0.15, -0.1) is 11.8 Å². The van der Waals surface area contributed by atoms with Crippen LogP contribution in [0.15, 0.2) is 109 Å². The van der Waals surface area contributed by atoms with E-state index in [4.69, 9.17) is 4.74 Å². The number of rotatable bonds is 10. The van der Waals surface area contributed by atoms with Gasteiger partial charge in [0.2, 0.25) is 5.91 Å². The summed E-state index contributed by atoms with van der Waals surface area (Å²) < 4.78 is 5.52. The third-order valence-corrected chi connectivity index (χ3v) is 10.1. The maximum atomic E-state index is 13.5. The molecule has 4 atom stereocenters. The first-order chi connectivity index (χ1) is 21.8. The molecule has 0 saturated carbocycles. The van der Waals surface area contributed by atoms with Crippen LogP contribution in [0, 0.1) is 0 Å². The third kappa shape index (κ3) is 6.11. The molecule has 6 rings (SSSR count). The molecule has 3 aliphatic rings. The van der Waals surface area contributed by atoms with Gasteiger partial charge in [0.05, 0.1) is 13.0 Å². The van der Waals surface area contributed by atoms with Gasteiger partial charge in [-0.25, -0.2) is 4.79 Å². The van der Waals surface area contributed by atoms with Crippen LogP contribution in [0.25, 0.3) is 11.1 Å². The van der Waals surface area contributed by atoms with Gasteiger partial charge in [-0.3, -0.25) is 14.5 Å². The first-order valence-electron chi connectivity index (χ1n) is 14.8. The number of hydrogen-bond donors (Lipinski definition) is 3. The van der Waals surface area contributed by atoms with Gasteiger partial charge < -0.3 is 20.3 Å². The number of carbonyl (C=O) groups excluding carboxylic acids is 2.